The molecule has 3 nitrogen and oxygen atoms in total. The molecular formula is C14H25N3. The number of hydrogen-bond donors (Lipinski definition) is 1. The molecule has 1 aliphatic carbocycles. The molecule has 0 bridgehead atoms. The van der Waals surface area contributed by atoms with E-state index in [1.54, 1.807) is 0 Å². The van der Waals surface area contributed by atoms with Crippen LogP contribution in [0.2, 0.25) is 0 Å². The Bertz CT molecular complexity index is 392. The molecule has 1 saturated carbocycles. The number of rotatable bonds is 2. The third-order valence-electron chi connectivity index (χ3n) is 4.37. The highest BCUT2D eigenvalue weighted by Gasteiger charge is 2.35. The summed E-state index contributed by atoms with van der Waals surface area (Å²) < 4.78 is 2.37. The molecule has 1 N–H and O–H groups in total. The van der Waals surface area contributed by atoms with Gasteiger partial charge in [0.1, 0.15) is 0 Å². The van der Waals surface area contributed by atoms with E-state index in [2.05, 4.69) is 49.6 Å². The topological polar surface area (TPSA) is 29.9 Å². The average Bonchev–Trinajstić information content (AvgIpc) is 2.59. The van der Waals surface area contributed by atoms with Crippen LogP contribution in [0.5, 0.6) is 0 Å². The van der Waals surface area contributed by atoms with Gasteiger partial charge in [0.2, 0.25) is 0 Å². The smallest absolute Gasteiger partial charge is 0.0954 e. The molecule has 1 aromatic heterocycles. The molecule has 2 unspecified atom stereocenters. The fraction of sp³-hybridized carbons (Fsp3) is 0.786. The van der Waals surface area contributed by atoms with Crippen molar-refractivity contribution < 1.29 is 0 Å². The van der Waals surface area contributed by atoms with Crippen LogP contribution in [0.15, 0.2) is 6.33 Å². The van der Waals surface area contributed by atoms with Gasteiger partial charge in [0.25, 0.3) is 0 Å². The van der Waals surface area contributed by atoms with Crippen LogP contribution in [0.25, 0.3) is 0 Å². The number of aromatic nitrogens is 2. The zero-order chi connectivity index (χ0) is 12.6. The van der Waals surface area contributed by atoms with Gasteiger partial charge in [-0.25, -0.2) is 4.98 Å². The predicted molar refractivity (Wildman–Crippen MR) is 71.2 cm³/mol. The van der Waals surface area contributed by atoms with Gasteiger partial charge in [-0.3, -0.25) is 0 Å². The zero-order valence-corrected chi connectivity index (χ0v) is 11.7. The monoisotopic (exact) mass is 235 g/mol. The van der Waals surface area contributed by atoms with Crippen LogP contribution in [-0.2, 0) is 0 Å². The molecule has 1 heterocycles. The lowest BCUT2D eigenvalue weighted by molar-refractivity contribution is 0.145. The van der Waals surface area contributed by atoms with E-state index < -0.39 is 0 Å². The molecule has 1 fully saturated rings. The summed E-state index contributed by atoms with van der Waals surface area (Å²) in [6.45, 7) is 9.03. The lowest BCUT2D eigenvalue weighted by Gasteiger charge is -2.41. The van der Waals surface area contributed by atoms with Crippen LogP contribution in [-0.4, -0.2) is 22.6 Å². The van der Waals surface area contributed by atoms with Gasteiger partial charge in [0.15, 0.2) is 0 Å². The number of hydrogen-bond acceptors (Lipinski definition) is 2. The molecule has 0 aromatic carbocycles. The molecule has 1 aromatic rings. The minimum absolute atomic E-state index is 0.447. The Morgan fingerprint density at radius 1 is 1.41 bits per heavy atom. The Hall–Kier alpha value is -0.830. The van der Waals surface area contributed by atoms with Crippen molar-refractivity contribution >= 4 is 0 Å². The number of nitrogens with zero attached hydrogens (tertiary/aromatic N) is 2. The second-order valence-corrected chi connectivity index (χ2v) is 6.19. The number of imidazole rings is 1. The summed E-state index contributed by atoms with van der Waals surface area (Å²) in [5, 5.41) is 3.48. The van der Waals surface area contributed by atoms with Gasteiger partial charge in [-0.2, -0.15) is 0 Å². The molecule has 0 saturated heterocycles. The first-order valence-electron chi connectivity index (χ1n) is 6.62. The fourth-order valence-corrected chi connectivity index (χ4v) is 3.03. The van der Waals surface area contributed by atoms with Crippen molar-refractivity contribution in [3.63, 3.8) is 0 Å². The maximum absolute atomic E-state index is 4.44. The Labute approximate surface area is 105 Å². The Kier molecular flexibility index (Phi) is 3.30. The van der Waals surface area contributed by atoms with Crippen LogP contribution in [0.4, 0.5) is 0 Å². The summed E-state index contributed by atoms with van der Waals surface area (Å²) >= 11 is 0. The lowest BCUT2D eigenvalue weighted by Crippen LogP contribution is -2.42. The van der Waals surface area contributed by atoms with Gasteiger partial charge < -0.3 is 9.88 Å². The summed E-state index contributed by atoms with van der Waals surface area (Å²) in [6.07, 6.45) is 5.81. The SMILES string of the molecule is CNC1CCC(C)(C)CC1n1cnc(C)c1C. The fourth-order valence-electron chi connectivity index (χ4n) is 3.03. The van der Waals surface area contributed by atoms with Gasteiger partial charge in [-0.15, -0.1) is 0 Å². The summed E-state index contributed by atoms with van der Waals surface area (Å²) in [4.78, 5) is 4.44. The number of aryl methyl sites for hydroxylation is 1. The highest BCUT2D eigenvalue weighted by Crippen LogP contribution is 2.41. The van der Waals surface area contributed by atoms with E-state index >= 15 is 0 Å². The molecule has 0 radical (unpaired) electrons. The van der Waals surface area contributed by atoms with Crippen LogP contribution < -0.4 is 5.32 Å². The van der Waals surface area contributed by atoms with Crippen molar-refractivity contribution in [3.8, 4) is 0 Å². The van der Waals surface area contributed by atoms with Crippen molar-refractivity contribution in [1.29, 1.82) is 0 Å². The highest BCUT2D eigenvalue weighted by molar-refractivity contribution is 5.11. The van der Waals surface area contributed by atoms with Crippen molar-refractivity contribution in [2.45, 2.75) is 59.0 Å². The summed E-state index contributed by atoms with van der Waals surface area (Å²) in [7, 11) is 2.08. The number of likely N-dealkylation sites (N-methyl/N-ethyl adjacent to an activating group) is 1. The van der Waals surface area contributed by atoms with Crippen LogP contribution in [0.1, 0.15) is 50.5 Å². The molecule has 0 amide bonds. The highest BCUT2D eigenvalue weighted by atomic mass is 15.1. The molecule has 96 valence electrons. The van der Waals surface area contributed by atoms with Crippen molar-refractivity contribution in [3.05, 3.63) is 17.7 Å². The Morgan fingerprint density at radius 2 is 2.12 bits per heavy atom. The Balaban J connectivity index is 2.30. The van der Waals surface area contributed by atoms with Crippen LogP contribution in [0, 0.1) is 19.3 Å². The van der Waals surface area contributed by atoms with E-state index in [4.69, 9.17) is 0 Å². The van der Waals surface area contributed by atoms with Gasteiger partial charge in [-0.05, 0) is 45.6 Å². The molecule has 2 rings (SSSR count). The van der Waals surface area contributed by atoms with E-state index in [0.717, 1.165) is 5.69 Å². The van der Waals surface area contributed by atoms with E-state index in [9.17, 15) is 0 Å². The van der Waals surface area contributed by atoms with Gasteiger partial charge in [-0.1, -0.05) is 13.8 Å². The van der Waals surface area contributed by atoms with Crippen molar-refractivity contribution in [2.75, 3.05) is 7.05 Å². The molecular weight excluding hydrogens is 210 g/mol. The van der Waals surface area contributed by atoms with E-state index in [1.165, 1.54) is 25.0 Å². The lowest BCUT2D eigenvalue weighted by atomic mass is 9.73. The quantitative estimate of drug-likeness (QED) is 0.854. The normalized spacial score (nSPS) is 28.3. The van der Waals surface area contributed by atoms with Crippen molar-refractivity contribution in [2.24, 2.45) is 5.41 Å². The number of nitrogens with one attached hydrogen (secondary N) is 1. The van der Waals surface area contributed by atoms with Crippen molar-refractivity contribution in [1.82, 2.24) is 14.9 Å². The van der Waals surface area contributed by atoms with Gasteiger partial charge in [0.05, 0.1) is 18.1 Å². The first-order valence-corrected chi connectivity index (χ1v) is 6.62. The summed E-state index contributed by atoms with van der Waals surface area (Å²) in [5.41, 5.74) is 2.92. The largest absolute Gasteiger partial charge is 0.330 e. The van der Waals surface area contributed by atoms with Gasteiger partial charge >= 0.3 is 0 Å². The van der Waals surface area contributed by atoms with E-state index in [-0.39, 0.29) is 0 Å². The summed E-state index contributed by atoms with van der Waals surface area (Å²) in [6, 6.07) is 1.13. The molecule has 0 spiro atoms. The molecule has 0 aliphatic heterocycles. The second kappa shape index (κ2) is 4.45. The first-order chi connectivity index (χ1) is 7.94. The van der Waals surface area contributed by atoms with E-state index in [1.807, 2.05) is 6.33 Å². The minimum atomic E-state index is 0.447. The maximum atomic E-state index is 4.44. The summed E-state index contributed by atoms with van der Waals surface area (Å²) in [5.74, 6) is 0. The molecule has 1 aliphatic rings. The Morgan fingerprint density at radius 3 is 2.65 bits per heavy atom. The average molecular weight is 235 g/mol. The van der Waals surface area contributed by atoms with Crippen LogP contribution >= 0.6 is 0 Å². The molecule has 17 heavy (non-hydrogen) atoms. The molecule has 2 atom stereocenters. The third-order valence-corrected chi connectivity index (χ3v) is 4.37. The predicted octanol–water partition coefficient (Wildman–Crippen LogP) is 2.84. The first kappa shape index (κ1) is 12.6. The minimum Gasteiger partial charge on any atom is -0.330 e. The molecule has 3 heteroatoms. The van der Waals surface area contributed by atoms with Crippen LogP contribution in [0.3, 0.4) is 0 Å². The third kappa shape index (κ3) is 2.39. The van der Waals surface area contributed by atoms with Gasteiger partial charge in [0, 0.05) is 11.7 Å². The second-order valence-electron chi connectivity index (χ2n) is 6.19. The zero-order valence-electron chi connectivity index (χ0n) is 11.7. The standard InChI is InChI=1S/C14H25N3/c1-10-11(2)17(9-16-10)13-8-14(3,4)7-6-12(13)15-5/h9,12-13,15H,6-8H2,1-5H3. The maximum Gasteiger partial charge on any atom is 0.0954 e. The van der Waals surface area contributed by atoms with E-state index in [0.29, 0.717) is 17.5 Å².